The number of Topliss-reactive ketones (excluding diaryl/α,β-unsaturated/α-hetero) is 1. The standard InChI is InChI=1S/C31H26F6N2O2S/c1-17-8-6-7-9-23(17)24-14-25(27-10-19(16-42-27)18(2)40)38-15-26(24)39(5)28(41)29(3,4)20-11-21(30(32,33)34)13-22(12-20)31(35,36)37/h6-16H,1-5H3. The van der Waals surface area contributed by atoms with E-state index < -0.39 is 40.4 Å². The largest absolute Gasteiger partial charge is 0.416 e. The highest BCUT2D eigenvalue weighted by Gasteiger charge is 2.41. The van der Waals surface area contributed by atoms with Crippen LogP contribution in [0.25, 0.3) is 21.7 Å². The van der Waals surface area contributed by atoms with Crippen molar-refractivity contribution >= 4 is 28.7 Å². The summed E-state index contributed by atoms with van der Waals surface area (Å²) in [5.74, 6) is -0.849. The second kappa shape index (κ2) is 11.0. The van der Waals surface area contributed by atoms with Crippen molar-refractivity contribution in [2.45, 2.75) is 45.5 Å². The van der Waals surface area contributed by atoms with Gasteiger partial charge >= 0.3 is 12.4 Å². The molecule has 2 aromatic carbocycles. The molecule has 220 valence electrons. The summed E-state index contributed by atoms with van der Waals surface area (Å²) >= 11 is 1.32. The minimum Gasteiger partial charge on any atom is -0.313 e. The van der Waals surface area contributed by atoms with Crippen molar-refractivity contribution in [3.63, 3.8) is 0 Å². The highest BCUT2D eigenvalue weighted by molar-refractivity contribution is 7.13. The number of anilines is 1. The third kappa shape index (κ3) is 6.11. The molecular formula is C31H26F6N2O2S. The number of benzene rings is 2. The Morgan fingerprint density at radius 3 is 1.93 bits per heavy atom. The van der Waals surface area contributed by atoms with E-state index in [1.807, 2.05) is 25.1 Å². The molecule has 0 atom stereocenters. The van der Waals surface area contributed by atoms with Gasteiger partial charge in [-0.3, -0.25) is 14.6 Å². The molecule has 0 aliphatic rings. The number of aromatic nitrogens is 1. The Labute approximate surface area is 242 Å². The van der Waals surface area contributed by atoms with E-state index in [9.17, 15) is 35.9 Å². The first-order valence-corrected chi connectivity index (χ1v) is 13.5. The van der Waals surface area contributed by atoms with Gasteiger partial charge in [-0.2, -0.15) is 26.3 Å². The summed E-state index contributed by atoms with van der Waals surface area (Å²) in [5.41, 5.74) is -1.68. The Bertz CT molecular complexity index is 1640. The number of carbonyl (C=O) groups excluding carboxylic acids is 2. The Morgan fingerprint density at radius 2 is 1.40 bits per heavy atom. The first-order valence-electron chi connectivity index (χ1n) is 12.6. The molecule has 0 spiro atoms. The molecule has 0 saturated carbocycles. The van der Waals surface area contributed by atoms with Gasteiger partial charge in [0.1, 0.15) is 0 Å². The topological polar surface area (TPSA) is 50.3 Å². The molecule has 2 aromatic heterocycles. The highest BCUT2D eigenvalue weighted by atomic mass is 32.1. The van der Waals surface area contributed by atoms with E-state index in [4.69, 9.17) is 0 Å². The molecule has 0 bridgehead atoms. The number of amides is 1. The zero-order valence-corrected chi connectivity index (χ0v) is 24.1. The zero-order chi connectivity index (χ0) is 31.2. The van der Waals surface area contributed by atoms with Crippen LogP contribution in [0.4, 0.5) is 32.0 Å². The van der Waals surface area contributed by atoms with Gasteiger partial charge in [0.05, 0.1) is 39.0 Å². The van der Waals surface area contributed by atoms with Crippen LogP contribution in [0, 0.1) is 6.92 Å². The van der Waals surface area contributed by atoms with Gasteiger partial charge in [0, 0.05) is 23.6 Å². The summed E-state index contributed by atoms with van der Waals surface area (Å²) in [4.78, 5) is 32.1. The molecule has 0 saturated heterocycles. The lowest BCUT2D eigenvalue weighted by molar-refractivity contribution is -0.143. The molecule has 0 fully saturated rings. The molecule has 42 heavy (non-hydrogen) atoms. The number of rotatable bonds is 6. The molecule has 4 aromatic rings. The number of likely N-dealkylation sites (N-methyl/N-ethyl adjacent to an activating group) is 1. The quantitative estimate of drug-likeness (QED) is 0.163. The first-order chi connectivity index (χ1) is 19.4. The lowest BCUT2D eigenvalue weighted by Gasteiger charge is -2.32. The fourth-order valence-electron chi connectivity index (χ4n) is 4.56. The third-order valence-corrected chi connectivity index (χ3v) is 8.04. The first kappa shape index (κ1) is 31.0. The summed E-state index contributed by atoms with van der Waals surface area (Å²) in [7, 11) is 1.40. The number of hydrogen-bond acceptors (Lipinski definition) is 4. The lowest BCUT2D eigenvalue weighted by Crippen LogP contribution is -2.42. The van der Waals surface area contributed by atoms with Crippen LogP contribution >= 0.6 is 11.3 Å². The zero-order valence-electron chi connectivity index (χ0n) is 23.2. The fraction of sp³-hybridized carbons (Fsp3) is 0.258. The maximum atomic E-state index is 13.9. The van der Waals surface area contributed by atoms with Crippen LogP contribution in [-0.4, -0.2) is 23.7 Å². The molecule has 0 unspecified atom stereocenters. The van der Waals surface area contributed by atoms with Crippen LogP contribution in [-0.2, 0) is 22.6 Å². The van der Waals surface area contributed by atoms with Crippen molar-refractivity contribution in [1.29, 1.82) is 0 Å². The molecule has 0 aliphatic heterocycles. The molecule has 4 nitrogen and oxygen atoms in total. The molecule has 11 heteroatoms. The Hall–Kier alpha value is -3.99. The number of nitrogens with zero attached hydrogens (tertiary/aromatic N) is 2. The summed E-state index contributed by atoms with van der Waals surface area (Å²) < 4.78 is 81.4. The molecular weight excluding hydrogens is 578 g/mol. The van der Waals surface area contributed by atoms with Crippen molar-refractivity contribution in [3.8, 4) is 21.7 Å². The number of thiophene rings is 1. The number of hydrogen-bond donors (Lipinski definition) is 0. The van der Waals surface area contributed by atoms with Gasteiger partial charge in [-0.25, -0.2) is 0 Å². The van der Waals surface area contributed by atoms with Crippen LogP contribution in [0.1, 0.15) is 53.4 Å². The Balaban J connectivity index is 1.84. The summed E-state index contributed by atoms with van der Waals surface area (Å²) in [5, 5.41) is 1.71. The number of alkyl halides is 6. The van der Waals surface area contributed by atoms with Crippen LogP contribution in [0.3, 0.4) is 0 Å². The fourth-order valence-corrected chi connectivity index (χ4v) is 5.48. The average molecular weight is 605 g/mol. The van der Waals surface area contributed by atoms with E-state index in [0.717, 1.165) is 11.1 Å². The van der Waals surface area contributed by atoms with Crippen molar-refractivity contribution in [3.05, 3.63) is 94.0 Å². The molecule has 0 N–H and O–H groups in total. The average Bonchev–Trinajstić information content (AvgIpc) is 3.42. The second-order valence-corrected chi connectivity index (χ2v) is 11.4. The molecule has 0 radical (unpaired) electrons. The molecule has 1 amide bonds. The monoisotopic (exact) mass is 604 g/mol. The number of pyridine rings is 1. The Kier molecular flexibility index (Phi) is 8.12. The van der Waals surface area contributed by atoms with E-state index in [0.29, 0.717) is 39.5 Å². The van der Waals surface area contributed by atoms with Gasteiger partial charge in [-0.15, -0.1) is 11.3 Å². The summed E-state index contributed by atoms with van der Waals surface area (Å²) in [6, 6.07) is 12.0. The van der Waals surface area contributed by atoms with Crippen molar-refractivity contribution in [1.82, 2.24) is 4.98 Å². The normalized spacial score (nSPS) is 12.4. The number of carbonyl (C=O) groups is 2. The highest BCUT2D eigenvalue weighted by Crippen LogP contribution is 2.41. The van der Waals surface area contributed by atoms with Crippen LogP contribution in [0.5, 0.6) is 0 Å². The van der Waals surface area contributed by atoms with Crippen LogP contribution < -0.4 is 4.90 Å². The predicted molar refractivity (Wildman–Crippen MR) is 151 cm³/mol. The number of aryl methyl sites for hydroxylation is 1. The van der Waals surface area contributed by atoms with E-state index in [-0.39, 0.29) is 11.8 Å². The van der Waals surface area contributed by atoms with Crippen LogP contribution in [0.15, 0.2) is 66.2 Å². The smallest absolute Gasteiger partial charge is 0.313 e. The molecule has 2 heterocycles. The van der Waals surface area contributed by atoms with E-state index in [1.54, 1.807) is 23.6 Å². The molecule has 4 rings (SSSR count). The Morgan fingerprint density at radius 1 is 0.833 bits per heavy atom. The van der Waals surface area contributed by atoms with Gasteiger partial charge < -0.3 is 4.90 Å². The van der Waals surface area contributed by atoms with Gasteiger partial charge in [-0.1, -0.05) is 24.3 Å². The second-order valence-electron chi connectivity index (χ2n) is 10.4. The van der Waals surface area contributed by atoms with E-state index >= 15 is 0 Å². The summed E-state index contributed by atoms with van der Waals surface area (Å²) in [6.07, 6.45) is -8.67. The minimum atomic E-state index is -5.05. The minimum absolute atomic E-state index is 0.0365. The van der Waals surface area contributed by atoms with Crippen LogP contribution in [0.2, 0.25) is 0 Å². The van der Waals surface area contributed by atoms with E-state index in [2.05, 4.69) is 4.98 Å². The van der Waals surface area contributed by atoms with E-state index in [1.165, 1.54) is 50.3 Å². The SMILES string of the molecule is CC(=O)c1csc(-c2cc(-c3ccccc3C)c(N(C)C(=O)C(C)(C)c3cc(C(F)(F)F)cc(C(F)(F)F)c3)cn2)c1. The summed E-state index contributed by atoms with van der Waals surface area (Å²) in [6.45, 7) is 5.88. The van der Waals surface area contributed by atoms with Gasteiger partial charge in [0.25, 0.3) is 0 Å². The van der Waals surface area contributed by atoms with Crippen molar-refractivity contribution in [2.75, 3.05) is 11.9 Å². The predicted octanol–water partition coefficient (Wildman–Crippen LogP) is 8.97. The van der Waals surface area contributed by atoms with Gasteiger partial charge in [0.15, 0.2) is 5.78 Å². The third-order valence-electron chi connectivity index (χ3n) is 7.09. The number of halogens is 6. The lowest BCUT2D eigenvalue weighted by atomic mass is 9.81. The number of ketones is 1. The van der Waals surface area contributed by atoms with Gasteiger partial charge in [0.2, 0.25) is 5.91 Å². The maximum absolute atomic E-state index is 13.9. The van der Waals surface area contributed by atoms with Gasteiger partial charge in [-0.05, 0) is 74.7 Å². The maximum Gasteiger partial charge on any atom is 0.416 e. The van der Waals surface area contributed by atoms with Crippen molar-refractivity contribution in [2.24, 2.45) is 0 Å². The molecule has 0 aliphatic carbocycles. The van der Waals surface area contributed by atoms with Crippen molar-refractivity contribution < 1.29 is 35.9 Å².